The summed E-state index contributed by atoms with van der Waals surface area (Å²) < 4.78 is 0. The van der Waals surface area contributed by atoms with Crippen LogP contribution >= 0.6 is 0 Å². The van der Waals surface area contributed by atoms with Gasteiger partial charge in [-0.05, 0) is 24.1 Å². The van der Waals surface area contributed by atoms with E-state index >= 15 is 0 Å². The smallest absolute Gasteiger partial charge is 0.306 e. The van der Waals surface area contributed by atoms with Gasteiger partial charge in [0.05, 0.1) is 12.5 Å². The summed E-state index contributed by atoms with van der Waals surface area (Å²) in [5.74, 6) is -1.18. The average molecular weight is 238 g/mol. The zero-order chi connectivity index (χ0) is 13.0. The van der Waals surface area contributed by atoms with Crippen molar-refractivity contribution in [2.45, 2.75) is 25.6 Å². The van der Waals surface area contributed by atoms with Gasteiger partial charge in [0.15, 0.2) is 0 Å². The van der Waals surface area contributed by atoms with Crippen LogP contribution in [0, 0.1) is 6.92 Å². The highest BCUT2D eigenvalue weighted by Crippen LogP contribution is 2.23. The number of aldehydes is 1. The molecule has 5 heteroatoms. The second-order valence-corrected chi connectivity index (χ2v) is 3.84. The van der Waals surface area contributed by atoms with Crippen LogP contribution in [0.4, 0.5) is 0 Å². The molecule has 0 saturated heterocycles. The number of carboxylic acid groups (broad SMARTS) is 1. The summed E-state index contributed by atoms with van der Waals surface area (Å²) in [4.78, 5) is 20.9. The first kappa shape index (κ1) is 13.3. The van der Waals surface area contributed by atoms with E-state index in [0.29, 0.717) is 23.0 Å². The normalized spacial score (nSPS) is 14.1. The lowest BCUT2D eigenvalue weighted by atomic mass is 9.96. The fourth-order valence-electron chi connectivity index (χ4n) is 1.60. The lowest BCUT2D eigenvalue weighted by Crippen LogP contribution is -2.22. The zero-order valence-corrected chi connectivity index (χ0v) is 9.33. The minimum atomic E-state index is -1.37. The summed E-state index contributed by atoms with van der Waals surface area (Å²) in [5, 5.41) is 27.8. The Morgan fingerprint density at radius 3 is 2.53 bits per heavy atom. The van der Waals surface area contributed by atoms with Gasteiger partial charge in [-0.3, -0.25) is 9.59 Å². The van der Waals surface area contributed by atoms with E-state index in [9.17, 15) is 19.8 Å². The second-order valence-electron chi connectivity index (χ2n) is 3.84. The molecular weight excluding hydrogens is 224 g/mol. The van der Waals surface area contributed by atoms with Crippen LogP contribution in [0.3, 0.4) is 0 Å². The zero-order valence-electron chi connectivity index (χ0n) is 9.33. The fourth-order valence-corrected chi connectivity index (χ4v) is 1.60. The van der Waals surface area contributed by atoms with Crippen LogP contribution in [0.15, 0.2) is 18.2 Å². The van der Waals surface area contributed by atoms with Gasteiger partial charge in [-0.2, -0.15) is 0 Å². The number of aliphatic carboxylic acids is 1. The fraction of sp³-hybridized carbons (Fsp3) is 0.333. The molecule has 1 aromatic rings. The molecule has 0 bridgehead atoms. The van der Waals surface area contributed by atoms with Crippen LogP contribution in [-0.2, 0) is 4.79 Å². The Morgan fingerprint density at radius 1 is 1.41 bits per heavy atom. The van der Waals surface area contributed by atoms with Crippen LogP contribution in [0.5, 0.6) is 0 Å². The van der Waals surface area contributed by atoms with Gasteiger partial charge in [-0.25, -0.2) is 0 Å². The number of aliphatic hydroxyl groups excluding tert-OH is 2. The molecule has 17 heavy (non-hydrogen) atoms. The number of rotatable bonds is 5. The number of aryl methyl sites for hydroxylation is 1. The molecule has 92 valence electrons. The minimum Gasteiger partial charge on any atom is -0.481 e. The van der Waals surface area contributed by atoms with Crippen molar-refractivity contribution in [2.24, 2.45) is 0 Å². The first-order valence-corrected chi connectivity index (χ1v) is 5.09. The maximum atomic E-state index is 10.5. The molecule has 0 heterocycles. The second kappa shape index (κ2) is 5.56. The molecule has 1 rings (SSSR count). The van der Waals surface area contributed by atoms with Crippen LogP contribution in [-0.4, -0.2) is 33.7 Å². The van der Waals surface area contributed by atoms with Gasteiger partial charge in [-0.15, -0.1) is 0 Å². The predicted molar refractivity (Wildman–Crippen MR) is 59.8 cm³/mol. The highest BCUT2D eigenvalue weighted by atomic mass is 16.4. The largest absolute Gasteiger partial charge is 0.481 e. The molecule has 0 spiro atoms. The number of benzene rings is 1. The van der Waals surface area contributed by atoms with Crippen molar-refractivity contribution in [1.29, 1.82) is 0 Å². The average Bonchev–Trinajstić information content (AvgIpc) is 2.27. The molecule has 2 unspecified atom stereocenters. The first-order valence-electron chi connectivity index (χ1n) is 5.09. The topological polar surface area (TPSA) is 94.8 Å². The van der Waals surface area contributed by atoms with Crippen molar-refractivity contribution in [3.05, 3.63) is 34.9 Å². The highest BCUT2D eigenvalue weighted by molar-refractivity contribution is 5.75. The Kier molecular flexibility index (Phi) is 4.37. The van der Waals surface area contributed by atoms with Crippen molar-refractivity contribution < 1.29 is 24.9 Å². The lowest BCUT2D eigenvalue weighted by molar-refractivity contribution is -0.141. The Hall–Kier alpha value is -1.72. The van der Waals surface area contributed by atoms with Gasteiger partial charge < -0.3 is 15.3 Å². The van der Waals surface area contributed by atoms with Crippen molar-refractivity contribution in [2.75, 3.05) is 0 Å². The summed E-state index contributed by atoms with van der Waals surface area (Å²) in [5.41, 5.74) is 1.52. The van der Waals surface area contributed by atoms with Crippen LogP contribution in [0.25, 0.3) is 0 Å². The number of hydrogen-bond acceptors (Lipinski definition) is 4. The number of aliphatic hydroxyl groups is 2. The standard InChI is InChI=1S/C12H14O5/c1-7-4-8(6-13)2-3-9(7)12(17)10(14)5-11(15)16/h2-4,6,10,12,14,17H,5H2,1H3,(H,15,16). The lowest BCUT2D eigenvalue weighted by Gasteiger charge is -2.18. The molecule has 0 aliphatic rings. The van der Waals surface area contributed by atoms with E-state index in [-0.39, 0.29) is 0 Å². The Bertz CT molecular complexity index is 427. The molecular formula is C12H14O5. The molecule has 0 fully saturated rings. The monoisotopic (exact) mass is 238 g/mol. The summed E-state index contributed by atoms with van der Waals surface area (Å²) in [7, 11) is 0. The van der Waals surface area contributed by atoms with Gasteiger partial charge in [0.25, 0.3) is 0 Å². The Morgan fingerprint density at radius 2 is 2.06 bits per heavy atom. The number of carbonyl (C=O) groups excluding carboxylic acids is 1. The van der Waals surface area contributed by atoms with Gasteiger partial charge in [0.1, 0.15) is 12.4 Å². The minimum absolute atomic E-state index is 0.421. The molecule has 0 aromatic heterocycles. The van der Waals surface area contributed by atoms with E-state index < -0.39 is 24.6 Å². The van der Waals surface area contributed by atoms with Crippen molar-refractivity contribution >= 4 is 12.3 Å². The molecule has 2 atom stereocenters. The van der Waals surface area contributed by atoms with Crippen molar-refractivity contribution in [3.8, 4) is 0 Å². The molecule has 0 saturated carbocycles. The third-order valence-electron chi connectivity index (χ3n) is 2.50. The molecule has 1 aromatic carbocycles. The van der Waals surface area contributed by atoms with Crippen LogP contribution in [0.2, 0.25) is 0 Å². The van der Waals surface area contributed by atoms with E-state index in [1.807, 2.05) is 0 Å². The summed E-state index contributed by atoms with van der Waals surface area (Å²) in [6, 6.07) is 4.58. The van der Waals surface area contributed by atoms with Crippen LogP contribution < -0.4 is 0 Å². The molecule has 0 radical (unpaired) electrons. The van der Waals surface area contributed by atoms with Gasteiger partial charge >= 0.3 is 5.97 Å². The Balaban J connectivity index is 2.92. The molecule has 0 aliphatic heterocycles. The van der Waals surface area contributed by atoms with Gasteiger partial charge in [0, 0.05) is 5.56 Å². The van der Waals surface area contributed by atoms with Crippen molar-refractivity contribution in [1.82, 2.24) is 0 Å². The maximum Gasteiger partial charge on any atom is 0.306 e. The quantitative estimate of drug-likeness (QED) is 0.655. The maximum absolute atomic E-state index is 10.5. The van der Waals surface area contributed by atoms with E-state index in [1.165, 1.54) is 12.1 Å². The molecule has 3 N–H and O–H groups in total. The van der Waals surface area contributed by atoms with Gasteiger partial charge in [-0.1, -0.05) is 12.1 Å². The molecule has 5 nitrogen and oxygen atoms in total. The van der Waals surface area contributed by atoms with Crippen LogP contribution in [0.1, 0.15) is 34.0 Å². The first-order chi connectivity index (χ1) is 7.95. The Labute approximate surface area is 98.3 Å². The van der Waals surface area contributed by atoms with E-state index in [4.69, 9.17) is 5.11 Å². The summed E-state index contributed by atoms with van der Waals surface area (Å²) in [6.45, 7) is 1.68. The van der Waals surface area contributed by atoms with Gasteiger partial charge in [0.2, 0.25) is 0 Å². The highest BCUT2D eigenvalue weighted by Gasteiger charge is 2.22. The third-order valence-corrected chi connectivity index (χ3v) is 2.50. The number of carbonyl (C=O) groups is 2. The summed E-state index contributed by atoms with van der Waals surface area (Å²) in [6.07, 6.45) is -2.49. The predicted octanol–water partition coefficient (Wildman–Crippen LogP) is 0.677. The van der Waals surface area contributed by atoms with E-state index in [1.54, 1.807) is 13.0 Å². The number of hydrogen-bond donors (Lipinski definition) is 3. The third kappa shape index (κ3) is 3.37. The SMILES string of the molecule is Cc1cc(C=O)ccc1C(O)C(O)CC(=O)O. The molecule has 0 amide bonds. The van der Waals surface area contributed by atoms with E-state index in [0.717, 1.165) is 0 Å². The van der Waals surface area contributed by atoms with Crippen molar-refractivity contribution in [3.63, 3.8) is 0 Å². The summed E-state index contributed by atoms with van der Waals surface area (Å²) >= 11 is 0. The number of carboxylic acids is 1. The van der Waals surface area contributed by atoms with E-state index in [2.05, 4.69) is 0 Å². The molecule has 0 aliphatic carbocycles.